The van der Waals surface area contributed by atoms with Crippen LogP contribution in [0, 0.1) is 34.5 Å². The molecule has 4 aliphatic carbocycles. The van der Waals surface area contributed by atoms with E-state index >= 15 is 0 Å². The van der Waals surface area contributed by atoms with E-state index in [1.807, 2.05) is 0 Å². The number of hydrogen-bond acceptors (Lipinski definition) is 2. The third-order valence-electron chi connectivity index (χ3n) is 7.97. The number of carbonyl (C=O) groups excluding carboxylic acids is 1. The molecule has 0 aromatic rings. The quantitative estimate of drug-likeness (QED) is 0.488. The van der Waals surface area contributed by atoms with Crippen molar-refractivity contribution in [2.45, 2.75) is 65.7 Å². The lowest BCUT2D eigenvalue weighted by Gasteiger charge is -2.59. The summed E-state index contributed by atoms with van der Waals surface area (Å²) in [5.74, 6) is 4.05. The molecule has 23 heavy (non-hydrogen) atoms. The maximum Gasteiger partial charge on any atom is 0.307 e. The van der Waals surface area contributed by atoms with Crippen LogP contribution in [0.4, 0.5) is 0 Å². The first-order valence-electron chi connectivity index (χ1n) is 9.49. The molecule has 0 aromatic heterocycles. The highest BCUT2D eigenvalue weighted by Crippen LogP contribution is 2.65. The minimum Gasteiger partial charge on any atom is -0.431 e. The largest absolute Gasteiger partial charge is 0.431 e. The van der Waals surface area contributed by atoms with Gasteiger partial charge >= 0.3 is 5.97 Å². The van der Waals surface area contributed by atoms with Crippen molar-refractivity contribution in [2.75, 3.05) is 0 Å². The van der Waals surface area contributed by atoms with Gasteiger partial charge in [0.1, 0.15) is 5.76 Å². The Bertz CT molecular complexity index is 574. The molecule has 0 aromatic carbocycles. The fourth-order valence-corrected chi connectivity index (χ4v) is 6.68. The molecule has 0 saturated heterocycles. The molecule has 2 fully saturated rings. The van der Waals surface area contributed by atoms with Crippen LogP contribution in [0.15, 0.2) is 24.0 Å². The van der Waals surface area contributed by atoms with Gasteiger partial charge in [-0.1, -0.05) is 26.0 Å². The lowest BCUT2D eigenvalue weighted by atomic mass is 9.46. The third kappa shape index (κ3) is 2.16. The lowest BCUT2D eigenvalue weighted by Crippen LogP contribution is -2.52. The number of hydrogen-bond donors (Lipinski definition) is 0. The molecular formula is C21H30O2. The summed E-state index contributed by atoms with van der Waals surface area (Å²) >= 11 is 0. The topological polar surface area (TPSA) is 26.3 Å². The number of rotatable bonds is 1. The minimum atomic E-state index is -0.159. The molecule has 0 bridgehead atoms. The Morgan fingerprint density at radius 2 is 1.96 bits per heavy atom. The van der Waals surface area contributed by atoms with E-state index in [-0.39, 0.29) is 11.4 Å². The summed E-state index contributed by atoms with van der Waals surface area (Å²) in [6, 6.07) is 0. The van der Waals surface area contributed by atoms with Gasteiger partial charge in [-0.05, 0) is 80.1 Å². The first-order valence-corrected chi connectivity index (χ1v) is 9.49. The minimum absolute atomic E-state index is 0.0978. The standard InChI is InChI=1S/C21H30O2/c1-14(22)23-19-10-9-17-16-8-7-15-6-4-5-12-20(15,2)18(16)11-13-21(17,19)3/h4-5,10,15-18H,6-9,11-13H2,1-3H3/t15?,16?,17?,18?,20-,21-/m0/s1. The molecule has 4 rings (SSSR count). The van der Waals surface area contributed by atoms with E-state index in [2.05, 4.69) is 32.1 Å². The second-order valence-corrected chi connectivity index (χ2v) is 8.92. The Morgan fingerprint density at radius 1 is 1.13 bits per heavy atom. The van der Waals surface area contributed by atoms with Crippen molar-refractivity contribution in [1.82, 2.24) is 0 Å². The predicted molar refractivity (Wildman–Crippen MR) is 91.5 cm³/mol. The van der Waals surface area contributed by atoms with E-state index in [0.29, 0.717) is 11.3 Å². The van der Waals surface area contributed by atoms with Crippen LogP contribution in [0.1, 0.15) is 65.7 Å². The highest BCUT2D eigenvalue weighted by molar-refractivity contribution is 5.67. The molecule has 4 aliphatic rings. The first-order chi connectivity index (χ1) is 10.9. The number of esters is 1. The monoisotopic (exact) mass is 314 g/mol. The van der Waals surface area contributed by atoms with E-state index in [1.54, 1.807) is 0 Å². The molecule has 2 heteroatoms. The molecule has 0 spiro atoms. The highest BCUT2D eigenvalue weighted by atomic mass is 16.5. The average Bonchev–Trinajstić information content (AvgIpc) is 2.83. The van der Waals surface area contributed by atoms with Crippen LogP contribution in [0.25, 0.3) is 0 Å². The van der Waals surface area contributed by atoms with Crippen molar-refractivity contribution in [1.29, 1.82) is 0 Å². The summed E-state index contributed by atoms with van der Waals surface area (Å²) in [7, 11) is 0. The molecule has 0 heterocycles. The Hall–Kier alpha value is -1.05. The second-order valence-electron chi connectivity index (χ2n) is 8.92. The Kier molecular flexibility index (Phi) is 3.52. The van der Waals surface area contributed by atoms with Crippen LogP contribution in [-0.2, 0) is 9.53 Å². The predicted octanol–water partition coefficient (Wildman–Crippen LogP) is 5.25. The molecule has 2 saturated carbocycles. The van der Waals surface area contributed by atoms with Crippen LogP contribution in [0.3, 0.4) is 0 Å². The van der Waals surface area contributed by atoms with E-state index in [4.69, 9.17) is 4.74 Å². The summed E-state index contributed by atoms with van der Waals surface area (Å²) < 4.78 is 5.61. The van der Waals surface area contributed by atoms with Crippen molar-refractivity contribution in [3.8, 4) is 0 Å². The Balaban J connectivity index is 1.61. The van der Waals surface area contributed by atoms with E-state index in [9.17, 15) is 4.79 Å². The van der Waals surface area contributed by atoms with Crippen LogP contribution in [-0.4, -0.2) is 5.97 Å². The SMILES string of the molecule is CC(=O)OC1=CCC2C3CCC4CC=CC[C@]4(C)C3CC[C@]12C. The van der Waals surface area contributed by atoms with Gasteiger partial charge in [-0.2, -0.15) is 0 Å². The van der Waals surface area contributed by atoms with Crippen molar-refractivity contribution in [3.63, 3.8) is 0 Å². The second kappa shape index (κ2) is 5.22. The zero-order valence-electron chi connectivity index (χ0n) is 14.8. The summed E-state index contributed by atoms with van der Waals surface area (Å²) in [6.07, 6.45) is 16.0. The Labute approximate surface area is 140 Å². The van der Waals surface area contributed by atoms with Gasteiger partial charge < -0.3 is 4.74 Å². The normalized spacial score (nSPS) is 48.0. The van der Waals surface area contributed by atoms with E-state index in [0.717, 1.165) is 29.9 Å². The maximum absolute atomic E-state index is 11.5. The summed E-state index contributed by atoms with van der Waals surface area (Å²) in [5.41, 5.74) is 0.601. The average molecular weight is 314 g/mol. The molecule has 2 nitrogen and oxygen atoms in total. The third-order valence-corrected chi connectivity index (χ3v) is 7.97. The van der Waals surface area contributed by atoms with Gasteiger partial charge in [0.05, 0.1) is 0 Å². The molecule has 0 amide bonds. The van der Waals surface area contributed by atoms with Gasteiger partial charge in [-0.25, -0.2) is 0 Å². The summed E-state index contributed by atoms with van der Waals surface area (Å²) in [5, 5.41) is 0. The van der Waals surface area contributed by atoms with Crippen LogP contribution >= 0.6 is 0 Å². The number of fused-ring (bicyclic) bond motifs is 5. The molecule has 0 aliphatic heterocycles. The molecule has 0 N–H and O–H groups in total. The zero-order valence-corrected chi connectivity index (χ0v) is 14.8. The van der Waals surface area contributed by atoms with Gasteiger partial charge in [0, 0.05) is 12.3 Å². The molecule has 0 radical (unpaired) electrons. The van der Waals surface area contributed by atoms with Gasteiger partial charge in [-0.3, -0.25) is 4.79 Å². The van der Waals surface area contributed by atoms with E-state index in [1.165, 1.54) is 45.4 Å². The van der Waals surface area contributed by atoms with Gasteiger partial charge in [0.25, 0.3) is 0 Å². The van der Waals surface area contributed by atoms with Gasteiger partial charge in [-0.15, -0.1) is 0 Å². The van der Waals surface area contributed by atoms with Crippen LogP contribution in [0.5, 0.6) is 0 Å². The number of ether oxygens (including phenoxy) is 1. The maximum atomic E-state index is 11.5. The molecule has 126 valence electrons. The fraction of sp³-hybridized carbons (Fsp3) is 0.762. The number of allylic oxidation sites excluding steroid dienone is 4. The number of carbonyl (C=O) groups is 1. The van der Waals surface area contributed by atoms with Crippen molar-refractivity contribution in [2.24, 2.45) is 34.5 Å². The summed E-state index contributed by atoms with van der Waals surface area (Å²) in [4.78, 5) is 11.5. The molecular weight excluding hydrogens is 284 g/mol. The smallest absolute Gasteiger partial charge is 0.307 e. The van der Waals surface area contributed by atoms with Crippen LogP contribution < -0.4 is 0 Å². The zero-order chi connectivity index (χ0) is 16.2. The Morgan fingerprint density at radius 3 is 2.74 bits per heavy atom. The van der Waals surface area contributed by atoms with Gasteiger partial charge in [0.2, 0.25) is 0 Å². The molecule has 6 atom stereocenters. The van der Waals surface area contributed by atoms with Crippen LogP contribution in [0.2, 0.25) is 0 Å². The fourth-order valence-electron chi connectivity index (χ4n) is 6.68. The van der Waals surface area contributed by atoms with Crippen molar-refractivity contribution in [3.05, 3.63) is 24.0 Å². The molecule has 4 unspecified atom stereocenters. The van der Waals surface area contributed by atoms with E-state index < -0.39 is 0 Å². The highest BCUT2D eigenvalue weighted by Gasteiger charge is 2.58. The van der Waals surface area contributed by atoms with Crippen molar-refractivity contribution >= 4 is 5.97 Å². The summed E-state index contributed by atoms with van der Waals surface area (Å²) in [6.45, 7) is 6.45. The van der Waals surface area contributed by atoms with Crippen molar-refractivity contribution < 1.29 is 9.53 Å². The lowest BCUT2D eigenvalue weighted by molar-refractivity contribution is -0.141. The first kappa shape index (κ1) is 15.5. The van der Waals surface area contributed by atoms with Gasteiger partial charge in [0.15, 0.2) is 0 Å².